The van der Waals surface area contributed by atoms with Gasteiger partial charge in [-0.2, -0.15) is 0 Å². The molecule has 1 aromatic rings. The first-order valence-corrected chi connectivity index (χ1v) is 6.22. The standard InChI is InChI=1S/C11H10BrClO4/c12-5-8(14)3-6-1-2-7(4-9(6)13)10(15)11(16)17/h1-2,4,10,15H,3,5H2,(H,16,17). The molecule has 0 heterocycles. The molecule has 2 N–H and O–H groups in total. The number of alkyl halides is 1. The summed E-state index contributed by atoms with van der Waals surface area (Å²) in [4.78, 5) is 21.8. The van der Waals surface area contributed by atoms with Gasteiger partial charge in [0.05, 0.1) is 5.33 Å². The molecule has 17 heavy (non-hydrogen) atoms. The highest BCUT2D eigenvalue weighted by Crippen LogP contribution is 2.23. The van der Waals surface area contributed by atoms with E-state index in [1.54, 1.807) is 6.07 Å². The Hall–Kier alpha value is -0.910. The lowest BCUT2D eigenvalue weighted by Crippen LogP contribution is -2.11. The number of carbonyl (C=O) groups excluding carboxylic acids is 1. The molecule has 0 aliphatic heterocycles. The van der Waals surface area contributed by atoms with Crippen LogP contribution in [0.4, 0.5) is 0 Å². The Balaban J connectivity index is 2.93. The molecule has 0 bridgehead atoms. The molecular formula is C11H10BrClO4. The van der Waals surface area contributed by atoms with Gasteiger partial charge in [-0.25, -0.2) is 4.79 Å². The quantitative estimate of drug-likeness (QED) is 0.813. The van der Waals surface area contributed by atoms with Crippen LogP contribution in [-0.4, -0.2) is 27.3 Å². The van der Waals surface area contributed by atoms with Crippen LogP contribution >= 0.6 is 27.5 Å². The van der Waals surface area contributed by atoms with Crippen LogP contribution in [0.1, 0.15) is 17.2 Å². The third-order valence-corrected chi connectivity index (χ3v) is 3.14. The van der Waals surface area contributed by atoms with Crippen molar-refractivity contribution in [3.05, 3.63) is 34.3 Å². The molecule has 0 saturated carbocycles. The number of aliphatic hydroxyl groups is 1. The van der Waals surface area contributed by atoms with Crippen molar-refractivity contribution in [1.82, 2.24) is 0 Å². The van der Waals surface area contributed by atoms with Crippen LogP contribution in [0.2, 0.25) is 5.02 Å². The number of carboxylic acids is 1. The Labute approximate surface area is 111 Å². The van der Waals surface area contributed by atoms with E-state index >= 15 is 0 Å². The number of carboxylic acid groups (broad SMARTS) is 1. The molecule has 0 saturated heterocycles. The predicted molar refractivity (Wildman–Crippen MR) is 66.6 cm³/mol. The van der Waals surface area contributed by atoms with E-state index in [-0.39, 0.29) is 28.1 Å². The fraction of sp³-hybridized carbons (Fsp3) is 0.273. The topological polar surface area (TPSA) is 74.6 Å². The number of halogens is 2. The van der Waals surface area contributed by atoms with Gasteiger partial charge in [-0.15, -0.1) is 0 Å². The van der Waals surface area contributed by atoms with Gasteiger partial charge < -0.3 is 10.2 Å². The van der Waals surface area contributed by atoms with E-state index in [0.29, 0.717) is 5.56 Å². The maximum atomic E-state index is 11.2. The van der Waals surface area contributed by atoms with Crippen LogP contribution in [0, 0.1) is 0 Å². The molecule has 1 unspecified atom stereocenters. The van der Waals surface area contributed by atoms with Crippen LogP contribution in [0.15, 0.2) is 18.2 Å². The van der Waals surface area contributed by atoms with E-state index in [1.807, 2.05) is 0 Å². The molecular weight excluding hydrogens is 311 g/mol. The summed E-state index contributed by atoms with van der Waals surface area (Å²) in [5.41, 5.74) is 0.801. The second kappa shape index (κ2) is 6.14. The highest BCUT2D eigenvalue weighted by molar-refractivity contribution is 9.09. The van der Waals surface area contributed by atoms with Crippen molar-refractivity contribution < 1.29 is 19.8 Å². The normalized spacial score (nSPS) is 12.2. The lowest BCUT2D eigenvalue weighted by molar-refractivity contribution is -0.147. The summed E-state index contributed by atoms with van der Waals surface area (Å²) >= 11 is 8.95. The van der Waals surface area contributed by atoms with E-state index in [4.69, 9.17) is 16.7 Å². The van der Waals surface area contributed by atoms with Crippen LogP contribution in [0.3, 0.4) is 0 Å². The lowest BCUT2D eigenvalue weighted by Gasteiger charge is -2.08. The fourth-order valence-corrected chi connectivity index (χ4v) is 1.73. The Bertz CT molecular complexity index is 447. The van der Waals surface area contributed by atoms with E-state index in [1.165, 1.54) is 12.1 Å². The third-order valence-electron chi connectivity index (χ3n) is 2.16. The number of carbonyl (C=O) groups is 2. The van der Waals surface area contributed by atoms with Crippen molar-refractivity contribution in [3.8, 4) is 0 Å². The number of ketones is 1. The zero-order valence-electron chi connectivity index (χ0n) is 8.69. The van der Waals surface area contributed by atoms with Gasteiger partial charge in [0.1, 0.15) is 5.78 Å². The molecule has 1 atom stereocenters. The third kappa shape index (κ3) is 3.80. The van der Waals surface area contributed by atoms with E-state index in [9.17, 15) is 14.7 Å². The van der Waals surface area contributed by atoms with Gasteiger partial charge in [0.25, 0.3) is 0 Å². The molecule has 6 heteroatoms. The summed E-state index contributed by atoms with van der Waals surface area (Å²) in [5, 5.41) is 18.4. The Kier molecular flexibility index (Phi) is 5.11. The molecule has 92 valence electrons. The number of hydrogen-bond donors (Lipinski definition) is 2. The van der Waals surface area contributed by atoms with E-state index in [2.05, 4.69) is 15.9 Å². The van der Waals surface area contributed by atoms with Gasteiger partial charge in [0.2, 0.25) is 0 Å². The first kappa shape index (κ1) is 14.2. The van der Waals surface area contributed by atoms with Gasteiger partial charge in [-0.05, 0) is 17.2 Å². The number of rotatable bonds is 5. The van der Waals surface area contributed by atoms with Gasteiger partial charge >= 0.3 is 5.97 Å². The molecule has 1 rings (SSSR count). The maximum Gasteiger partial charge on any atom is 0.337 e. The SMILES string of the molecule is O=C(CBr)Cc1ccc(C(O)C(=O)O)cc1Cl. The van der Waals surface area contributed by atoms with Gasteiger partial charge in [0.15, 0.2) is 6.10 Å². The molecule has 0 radical (unpaired) electrons. The number of hydrogen-bond acceptors (Lipinski definition) is 3. The van der Waals surface area contributed by atoms with Gasteiger partial charge in [0, 0.05) is 11.4 Å². The number of aliphatic hydroxyl groups excluding tert-OH is 1. The summed E-state index contributed by atoms with van der Waals surface area (Å²) in [5.74, 6) is -1.37. The lowest BCUT2D eigenvalue weighted by atomic mass is 10.0. The Morgan fingerprint density at radius 2 is 2.06 bits per heavy atom. The summed E-state index contributed by atoms with van der Waals surface area (Å²) in [7, 11) is 0. The maximum absolute atomic E-state index is 11.2. The summed E-state index contributed by atoms with van der Waals surface area (Å²) in [6, 6.07) is 4.35. The van der Waals surface area contributed by atoms with Gasteiger partial charge in [-0.1, -0.05) is 39.7 Å². The second-order valence-electron chi connectivity index (χ2n) is 3.44. The minimum Gasteiger partial charge on any atom is -0.479 e. The van der Waals surface area contributed by atoms with Crippen LogP contribution in [0.25, 0.3) is 0 Å². The number of aliphatic carboxylic acids is 1. The monoisotopic (exact) mass is 320 g/mol. The first-order chi connectivity index (χ1) is 7.95. The summed E-state index contributed by atoms with van der Waals surface area (Å²) < 4.78 is 0. The molecule has 0 spiro atoms. The van der Waals surface area contributed by atoms with Crippen molar-refractivity contribution in [1.29, 1.82) is 0 Å². The van der Waals surface area contributed by atoms with Crippen LogP contribution in [0.5, 0.6) is 0 Å². The smallest absolute Gasteiger partial charge is 0.337 e. The summed E-state index contributed by atoms with van der Waals surface area (Å²) in [6.07, 6.45) is -1.43. The second-order valence-corrected chi connectivity index (χ2v) is 4.41. The molecule has 1 aromatic carbocycles. The number of Topliss-reactive ketones (excluding diaryl/α,β-unsaturated/α-hetero) is 1. The number of benzene rings is 1. The van der Waals surface area contributed by atoms with Crippen molar-refractivity contribution in [2.75, 3.05) is 5.33 Å². The summed E-state index contributed by atoms with van der Waals surface area (Å²) in [6.45, 7) is 0. The van der Waals surface area contributed by atoms with Crippen molar-refractivity contribution >= 4 is 39.3 Å². The minimum absolute atomic E-state index is 0.0292. The van der Waals surface area contributed by atoms with E-state index < -0.39 is 12.1 Å². The Morgan fingerprint density at radius 3 is 2.53 bits per heavy atom. The minimum atomic E-state index is -1.60. The van der Waals surface area contributed by atoms with Crippen molar-refractivity contribution in [2.24, 2.45) is 0 Å². The van der Waals surface area contributed by atoms with Gasteiger partial charge in [-0.3, -0.25) is 4.79 Å². The first-order valence-electron chi connectivity index (χ1n) is 4.72. The molecule has 0 aromatic heterocycles. The van der Waals surface area contributed by atoms with Crippen molar-refractivity contribution in [3.63, 3.8) is 0 Å². The zero-order valence-corrected chi connectivity index (χ0v) is 11.0. The average molecular weight is 322 g/mol. The molecule has 0 aliphatic rings. The molecule has 0 fully saturated rings. The highest BCUT2D eigenvalue weighted by Gasteiger charge is 2.17. The fourth-order valence-electron chi connectivity index (χ4n) is 1.28. The highest BCUT2D eigenvalue weighted by atomic mass is 79.9. The van der Waals surface area contributed by atoms with Crippen molar-refractivity contribution in [2.45, 2.75) is 12.5 Å². The van der Waals surface area contributed by atoms with Crippen LogP contribution in [-0.2, 0) is 16.0 Å². The molecule has 0 aliphatic carbocycles. The van der Waals surface area contributed by atoms with E-state index in [0.717, 1.165) is 0 Å². The Morgan fingerprint density at radius 1 is 1.41 bits per heavy atom. The zero-order chi connectivity index (χ0) is 13.0. The average Bonchev–Trinajstić information content (AvgIpc) is 2.30. The largest absolute Gasteiger partial charge is 0.479 e. The molecule has 4 nitrogen and oxygen atoms in total. The predicted octanol–water partition coefficient (Wildman–Crippen LogP) is 1.96. The van der Waals surface area contributed by atoms with Crippen LogP contribution < -0.4 is 0 Å². The molecule has 0 amide bonds.